The number of nitrogens with two attached hydrogens (primary N) is 1. The number of primary amides is 1. The zero-order valence-electron chi connectivity index (χ0n) is 9.97. The molecule has 0 radical (unpaired) electrons. The van der Waals surface area contributed by atoms with Gasteiger partial charge >= 0.3 is 0 Å². The summed E-state index contributed by atoms with van der Waals surface area (Å²) in [4.78, 5) is 15.3. The fraction of sp³-hybridized carbons (Fsp3) is 0.231. The van der Waals surface area contributed by atoms with Crippen LogP contribution >= 0.6 is 0 Å². The van der Waals surface area contributed by atoms with Crippen molar-refractivity contribution in [3.63, 3.8) is 0 Å². The predicted molar refractivity (Wildman–Crippen MR) is 66.5 cm³/mol. The first-order valence-corrected chi connectivity index (χ1v) is 5.54. The number of nitrogens with zero attached hydrogens (tertiary/aromatic N) is 2. The summed E-state index contributed by atoms with van der Waals surface area (Å²) in [5, 5.41) is 0. The molecule has 0 aliphatic carbocycles. The van der Waals surface area contributed by atoms with Crippen molar-refractivity contribution in [2.75, 3.05) is 0 Å². The molecule has 0 bridgehead atoms. The Kier molecular flexibility index (Phi) is 2.95. The number of aryl methyl sites for hydroxylation is 2. The van der Waals surface area contributed by atoms with Gasteiger partial charge < -0.3 is 10.3 Å². The summed E-state index contributed by atoms with van der Waals surface area (Å²) in [5.74, 6) is -0.500. The van der Waals surface area contributed by atoms with E-state index in [2.05, 4.69) is 11.9 Å². The van der Waals surface area contributed by atoms with Crippen LogP contribution in [-0.2, 0) is 13.5 Å². The summed E-state index contributed by atoms with van der Waals surface area (Å²) in [6.45, 7) is 2.11. The number of hydrogen-bond acceptors (Lipinski definition) is 2. The highest BCUT2D eigenvalue weighted by Gasteiger charge is 2.15. The van der Waals surface area contributed by atoms with Gasteiger partial charge in [-0.25, -0.2) is 4.98 Å². The van der Waals surface area contributed by atoms with Crippen molar-refractivity contribution in [3.05, 3.63) is 41.9 Å². The molecule has 0 aliphatic heterocycles. The van der Waals surface area contributed by atoms with E-state index in [1.165, 1.54) is 5.56 Å². The number of rotatable bonds is 3. The van der Waals surface area contributed by atoms with Crippen molar-refractivity contribution in [2.45, 2.75) is 13.3 Å². The van der Waals surface area contributed by atoms with E-state index < -0.39 is 5.91 Å². The van der Waals surface area contributed by atoms with Gasteiger partial charge in [0.15, 0.2) is 5.69 Å². The number of imidazole rings is 1. The normalized spacial score (nSPS) is 10.5. The minimum Gasteiger partial charge on any atom is -0.364 e. The second kappa shape index (κ2) is 4.41. The molecule has 0 saturated carbocycles. The lowest BCUT2D eigenvalue weighted by atomic mass is 10.1. The Morgan fingerprint density at radius 1 is 1.35 bits per heavy atom. The van der Waals surface area contributed by atoms with E-state index in [-0.39, 0.29) is 0 Å². The lowest BCUT2D eigenvalue weighted by Gasteiger charge is -2.05. The average molecular weight is 229 g/mol. The predicted octanol–water partition coefficient (Wildman–Crippen LogP) is 1.75. The molecule has 0 atom stereocenters. The molecule has 0 fully saturated rings. The molecule has 1 aromatic heterocycles. The molecule has 0 spiro atoms. The third-order valence-electron chi connectivity index (χ3n) is 2.81. The second-order valence-corrected chi connectivity index (χ2v) is 3.97. The Bertz CT molecular complexity index is 540. The standard InChI is InChI=1S/C13H15N3O/c1-3-9-4-6-10(7-5-9)12-11(13(14)17)15-8-16(12)2/h4-8H,3H2,1-2H3,(H2,14,17). The maximum Gasteiger partial charge on any atom is 0.269 e. The highest BCUT2D eigenvalue weighted by Crippen LogP contribution is 2.22. The van der Waals surface area contributed by atoms with Gasteiger partial charge in [0.05, 0.1) is 12.0 Å². The molecule has 1 heterocycles. The Hall–Kier alpha value is -2.10. The number of amides is 1. The van der Waals surface area contributed by atoms with E-state index >= 15 is 0 Å². The van der Waals surface area contributed by atoms with E-state index in [1.54, 1.807) is 10.9 Å². The Balaban J connectivity index is 2.51. The largest absolute Gasteiger partial charge is 0.364 e. The molecule has 4 heteroatoms. The van der Waals surface area contributed by atoms with E-state index in [0.29, 0.717) is 5.69 Å². The maximum absolute atomic E-state index is 11.3. The monoisotopic (exact) mass is 229 g/mol. The molecule has 88 valence electrons. The van der Waals surface area contributed by atoms with Crippen LogP contribution in [0.5, 0.6) is 0 Å². The minimum atomic E-state index is -0.500. The Morgan fingerprint density at radius 2 is 2.00 bits per heavy atom. The molecule has 4 nitrogen and oxygen atoms in total. The number of hydrogen-bond donors (Lipinski definition) is 1. The molecule has 1 amide bonds. The first-order chi connectivity index (χ1) is 8.13. The van der Waals surface area contributed by atoms with E-state index in [4.69, 9.17) is 5.73 Å². The fourth-order valence-corrected chi connectivity index (χ4v) is 1.85. The van der Waals surface area contributed by atoms with Crippen LogP contribution in [0.25, 0.3) is 11.3 Å². The quantitative estimate of drug-likeness (QED) is 0.871. The van der Waals surface area contributed by atoms with E-state index in [0.717, 1.165) is 17.7 Å². The average Bonchev–Trinajstić information content (AvgIpc) is 2.71. The molecule has 0 unspecified atom stereocenters. The number of carbonyl (C=O) groups is 1. The minimum absolute atomic E-state index is 0.316. The molecule has 2 aromatic rings. The first kappa shape index (κ1) is 11.4. The Labute approximate surface area is 100 Å². The molecule has 2 rings (SSSR count). The van der Waals surface area contributed by atoms with Crippen molar-refractivity contribution in [1.29, 1.82) is 0 Å². The topological polar surface area (TPSA) is 60.9 Å². The van der Waals surface area contributed by atoms with Crippen LogP contribution in [0.15, 0.2) is 30.6 Å². The SMILES string of the molecule is CCc1ccc(-c2c(C(N)=O)ncn2C)cc1. The fourth-order valence-electron chi connectivity index (χ4n) is 1.85. The molecular formula is C13H15N3O. The van der Waals surface area contributed by atoms with Crippen LogP contribution in [0.3, 0.4) is 0 Å². The molecule has 1 aromatic carbocycles. The highest BCUT2D eigenvalue weighted by molar-refractivity contribution is 5.97. The first-order valence-electron chi connectivity index (χ1n) is 5.54. The molecule has 0 saturated heterocycles. The van der Waals surface area contributed by atoms with Crippen LogP contribution in [0, 0.1) is 0 Å². The number of aromatic nitrogens is 2. The van der Waals surface area contributed by atoms with Gasteiger partial charge in [-0.3, -0.25) is 4.79 Å². The van der Waals surface area contributed by atoms with Gasteiger partial charge in [0.1, 0.15) is 0 Å². The number of carbonyl (C=O) groups excluding carboxylic acids is 1. The third-order valence-corrected chi connectivity index (χ3v) is 2.81. The molecule has 0 aliphatic rings. The van der Waals surface area contributed by atoms with Gasteiger partial charge in [-0.2, -0.15) is 0 Å². The summed E-state index contributed by atoms with van der Waals surface area (Å²) < 4.78 is 1.81. The summed E-state index contributed by atoms with van der Waals surface area (Å²) in [5.41, 5.74) is 8.60. The lowest BCUT2D eigenvalue weighted by Crippen LogP contribution is -2.13. The van der Waals surface area contributed by atoms with Crippen molar-refractivity contribution >= 4 is 5.91 Å². The van der Waals surface area contributed by atoms with Crippen LogP contribution < -0.4 is 5.73 Å². The van der Waals surface area contributed by atoms with Gasteiger partial charge in [-0.15, -0.1) is 0 Å². The van der Waals surface area contributed by atoms with Crippen LogP contribution in [0.4, 0.5) is 0 Å². The van der Waals surface area contributed by atoms with Crippen LogP contribution in [0.2, 0.25) is 0 Å². The molecule has 2 N–H and O–H groups in total. The molecular weight excluding hydrogens is 214 g/mol. The van der Waals surface area contributed by atoms with Crippen LogP contribution in [-0.4, -0.2) is 15.5 Å². The van der Waals surface area contributed by atoms with Gasteiger partial charge in [0.2, 0.25) is 0 Å². The van der Waals surface area contributed by atoms with Gasteiger partial charge in [-0.1, -0.05) is 31.2 Å². The van der Waals surface area contributed by atoms with Crippen molar-refractivity contribution < 1.29 is 4.79 Å². The molecule has 17 heavy (non-hydrogen) atoms. The van der Waals surface area contributed by atoms with Gasteiger partial charge in [0.25, 0.3) is 5.91 Å². The number of benzene rings is 1. The second-order valence-electron chi connectivity index (χ2n) is 3.97. The summed E-state index contributed by atoms with van der Waals surface area (Å²) in [7, 11) is 1.85. The lowest BCUT2D eigenvalue weighted by molar-refractivity contribution is 0.0996. The zero-order chi connectivity index (χ0) is 12.4. The van der Waals surface area contributed by atoms with Gasteiger partial charge in [0, 0.05) is 12.6 Å². The van der Waals surface area contributed by atoms with Crippen molar-refractivity contribution in [1.82, 2.24) is 9.55 Å². The maximum atomic E-state index is 11.3. The third kappa shape index (κ3) is 2.06. The van der Waals surface area contributed by atoms with E-state index in [1.807, 2.05) is 31.3 Å². The van der Waals surface area contributed by atoms with Crippen molar-refractivity contribution in [3.8, 4) is 11.3 Å². The van der Waals surface area contributed by atoms with Crippen LogP contribution in [0.1, 0.15) is 23.0 Å². The summed E-state index contributed by atoms with van der Waals surface area (Å²) in [6, 6.07) is 8.07. The van der Waals surface area contributed by atoms with Gasteiger partial charge in [-0.05, 0) is 12.0 Å². The summed E-state index contributed by atoms with van der Waals surface area (Å²) in [6.07, 6.45) is 2.59. The van der Waals surface area contributed by atoms with E-state index in [9.17, 15) is 4.79 Å². The zero-order valence-corrected chi connectivity index (χ0v) is 9.97. The Morgan fingerprint density at radius 3 is 2.53 bits per heavy atom. The summed E-state index contributed by atoms with van der Waals surface area (Å²) >= 11 is 0. The smallest absolute Gasteiger partial charge is 0.269 e. The highest BCUT2D eigenvalue weighted by atomic mass is 16.1. The van der Waals surface area contributed by atoms with Crippen molar-refractivity contribution in [2.24, 2.45) is 12.8 Å².